The summed E-state index contributed by atoms with van der Waals surface area (Å²) in [6.07, 6.45) is 10.6. The molecule has 0 aromatic carbocycles. The van der Waals surface area contributed by atoms with Crippen LogP contribution >= 0.6 is 0 Å². The second-order valence-corrected chi connectivity index (χ2v) is 9.99. The molecule has 0 radical (unpaired) electrons. The van der Waals surface area contributed by atoms with Gasteiger partial charge in [0.15, 0.2) is 0 Å². The van der Waals surface area contributed by atoms with E-state index in [-0.39, 0.29) is 17.4 Å². The van der Waals surface area contributed by atoms with Crippen LogP contribution in [0.25, 0.3) is 0 Å². The van der Waals surface area contributed by atoms with E-state index in [2.05, 4.69) is 0 Å². The van der Waals surface area contributed by atoms with Crippen molar-refractivity contribution < 1.29 is 38.4 Å². The largest absolute Gasteiger partial charge is 0.830 e. The van der Waals surface area contributed by atoms with E-state index in [0.717, 1.165) is 25.7 Å². The molecule has 0 aromatic heterocycles. The average Bonchev–Trinajstić information content (AvgIpc) is 2.68. The Morgan fingerprint density at radius 2 is 1.44 bits per heavy atom. The molecule has 2 saturated heterocycles. The highest BCUT2D eigenvalue weighted by Gasteiger charge is 2.64. The summed E-state index contributed by atoms with van der Waals surface area (Å²) in [7, 11) is 0. The van der Waals surface area contributed by atoms with Crippen LogP contribution in [-0.2, 0) is 33.3 Å². The third-order valence-electron chi connectivity index (χ3n) is 7.34. The first-order valence-corrected chi connectivity index (χ1v) is 11.2. The van der Waals surface area contributed by atoms with Crippen LogP contribution in [-0.4, -0.2) is 35.8 Å². The monoisotopic (exact) mass is 443 g/mol. The van der Waals surface area contributed by atoms with Crippen LogP contribution in [0.5, 0.6) is 0 Å². The molecule has 172 valence electrons. The van der Waals surface area contributed by atoms with Gasteiger partial charge in [0.05, 0.1) is 5.92 Å². The van der Waals surface area contributed by atoms with Gasteiger partial charge < -0.3 is 24.1 Å². The summed E-state index contributed by atoms with van der Waals surface area (Å²) in [6.45, 7) is 3.00. The Balaban J connectivity index is 1.24. The highest BCUT2D eigenvalue weighted by molar-refractivity contribution is 6.15. The number of ether oxygens (including phenoxy) is 4. The lowest BCUT2D eigenvalue weighted by molar-refractivity contribution is -0.532. The highest BCUT2D eigenvalue weighted by Crippen LogP contribution is 2.60. The quantitative estimate of drug-likeness (QED) is 0.281. The molecule has 1 spiro atoms. The molecule has 4 saturated carbocycles. The van der Waals surface area contributed by atoms with Crippen LogP contribution in [0.4, 0.5) is 0 Å². The van der Waals surface area contributed by atoms with Gasteiger partial charge in [-0.25, -0.2) is 9.59 Å². The minimum Gasteiger partial charge on any atom is -0.830 e. The maximum absolute atomic E-state index is 12.7. The van der Waals surface area contributed by atoms with Crippen molar-refractivity contribution in [3.8, 4) is 0 Å². The average molecular weight is 443 g/mol. The van der Waals surface area contributed by atoms with Gasteiger partial charge in [0.2, 0.25) is 5.79 Å². The summed E-state index contributed by atoms with van der Waals surface area (Å²) in [5, 5.41) is 12.0. The van der Waals surface area contributed by atoms with Gasteiger partial charge in [0.25, 0.3) is 5.79 Å². The molecule has 8 heteroatoms. The van der Waals surface area contributed by atoms with E-state index in [0.29, 0.717) is 11.8 Å². The standard InChI is InChI=1S/C24H27O8/c1-23(2)29-19(25)17(20(26)30-23)6-4-3-5-7-18-21(27)31-24(32-22(18)28)15-9-13-8-14(11-15)12-16(24)10-13/h3-7,13-17,19H,8-12H2,1-2H3/q-1. The van der Waals surface area contributed by atoms with Crippen molar-refractivity contribution in [3.63, 3.8) is 0 Å². The van der Waals surface area contributed by atoms with Gasteiger partial charge in [-0.1, -0.05) is 24.3 Å². The SMILES string of the molecule is CC1(C)OC(=O)C(C=CC=CC=C2C(=O)OC3(OC2=O)C2CC4CC(C2)CC3C4)C([O-])O1. The van der Waals surface area contributed by atoms with Crippen LogP contribution in [0, 0.1) is 29.6 Å². The van der Waals surface area contributed by atoms with Crippen LogP contribution in [0.2, 0.25) is 0 Å². The molecule has 0 aromatic rings. The van der Waals surface area contributed by atoms with Gasteiger partial charge in [-0.15, -0.1) is 0 Å². The number of esters is 3. The molecule has 32 heavy (non-hydrogen) atoms. The summed E-state index contributed by atoms with van der Waals surface area (Å²) >= 11 is 0. The van der Waals surface area contributed by atoms with Gasteiger partial charge in [-0.05, 0) is 50.0 Å². The minimum atomic E-state index is -1.57. The number of rotatable bonds is 3. The molecule has 2 heterocycles. The van der Waals surface area contributed by atoms with E-state index in [9.17, 15) is 19.5 Å². The fraction of sp³-hybridized carbons (Fsp3) is 0.625. The van der Waals surface area contributed by atoms with E-state index >= 15 is 0 Å². The van der Waals surface area contributed by atoms with Crippen molar-refractivity contribution in [1.82, 2.24) is 0 Å². The predicted molar refractivity (Wildman–Crippen MR) is 107 cm³/mol. The van der Waals surface area contributed by atoms with E-state index in [1.807, 2.05) is 0 Å². The Hall–Kier alpha value is -2.45. The molecular formula is C24H27O8-. The second kappa shape index (κ2) is 7.56. The molecule has 0 N–H and O–H groups in total. The number of allylic oxidation sites excluding steroid dienone is 4. The lowest BCUT2D eigenvalue weighted by atomic mass is 9.53. The lowest BCUT2D eigenvalue weighted by Gasteiger charge is -2.59. The van der Waals surface area contributed by atoms with Gasteiger partial charge in [0.1, 0.15) is 5.57 Å². The number of carbonyl (C=O) groups excluding carboxylic acids is 3. The summed E-state index contributed by atoms with van der Waals surface area (Å²) in [4.78, 5) is 37.4. The maximum atomic E-state index is 12.7. The van der Waals surface area contributed by atoms with E-state index in [1.54, 1.807) is 0 Å². The Labute approximate surface area is 186 Å². The van der Waals surface area contributed by atoms with Crippen molar-refractivity contribution in [2.75, 3.05) is 0 Å². The fourth-order valence-corrected chi connectivity index (χ4v) is 6.18. The maximum Gasteiger partial charge on any atom is 0.348 e. The van der Waals surface area contributed by atoms with E-state index in [4.69, 9.17) is 18.9 Å². The van der Waals surface area contributed by atoms with Crippen molar-refractivity contribution in [2.45, 2.75) is 63.8 Å². The molecule has 4 bridgehead atoms. The number of hydrogen-bond donors (Lipinski definition) is 0. The molecule has 0 amide bonds. The predicted octanol–water partition coefficient (Wildman–Crippen LogP) is 1.89. The van der Waals surface area contributed by atoms with Gasteiger partial charge in [0, 0.05) is 32.0 Å². The zero-order chi connectivity index (χ0) is 22.7. The van der Waals surface area contributed by atoms with Crippen LogP contribution in [0.3, 0.4) is 0 Å². The molecular weight excluding hydrogens is 416 g/mol. The first kappa shape index (κ1) is 21.4. The third-order valence-corrected chi connectivity index (χ3v) is 7.34. The first-order chi connectivity index (χ1) is 15.2. The molecule has 2 aliphatic heterocycles. The smallest absolute Gasteiger partial charge is 0.348 e. The number of hydrogen-bond acceptors (Lipinski definition) is 8. The van der Waals surface area contributed by atoms with Crippen molar-refractivity contribution in [3.05, 3.63) is 36.0 Å². The summed E-state index contributed by atoms with van der Waals surface area (Å²) < 4.78 is 21.8. The topological polar surface area (TPSA) is 111 Å². The summed E-state index contributed by atoms with van der Waals surface area (Å²) in [6, 6.07) is 0. The molecule has 2 unspecified atom stereocenters. The summed E-state index contributed by atoms with van der Waals surface area (Å²) in [5.74, 6) is -3.92. The number of cyclic esters (lactones) is 1. The van der Waals surface area contributed by atoms with Gasteiger partial charge in [-0.2, -0.15) is 0 Å². The van der Waals surface area contributed by atoms with Crippen molar-refractivity contribution >= 4 is 17.9 Å². The Morgan fingerprint density at radius 3 is 2.00 bits per heavy atom. The molecule has 2 atom stereocenters. The van der Waals surface area contributed by atoms with Crippen molar-refractivity contribution in [1.29, 1.82) is 0 Å². The molecule has 6 rings (SSSR count). The fourth-order valence-electron chi connectivity index (χ4n) is 6.18. The zero-order valence-corrected chi connectivity index (χ0v) is 18.2. The van der Waals surface area contributed by atoms with E-state index in [1.165, 1.54) is 50.6 Å². The Kier molecular flexibility index (Phi) is 5.05. The number of carbonyl (C=O) groups is 3. The molecule has 8 nitrogen and oxygen atoms in total. The second-order valence-electron chi connectivity index (χ2n) is 9.99. The van der Waals surface area contributed by atoms with Crippen LogP contribution < -0.4 is 5.11 Å². The molecule has 4 aliphatic carbocycles. The molecule has 6 fully saturated rings. The minimum absolute atomic E-state index is 0.0918. The summed E-state index contributed by atoms with van der Waals surface area (Å²) in [5.41, 5.74) is -0.169. The van der Waals surface area contributed by atoms with Crippen LogP contribution in [0.15, 0.2) is 36.0 Å². The lowest BCUT2D eigenvalue weighted by Crippen LogP contribution is -2.63. The Bertz CT molecular complexity index is 876. The van der Waals surface area contributed by atoms with Crippen LogP contribution in [0.1, 0.15) is 46.0 Å². The zero-order valence-electron chi connectivity index (χ0n) is 18.2. The first-order valence-electron chi connectivity index (χ1n) is 11.2. The van der Waals surface area contributed by atoms with Crippen molar-refractivity contribution in [2.24, 2.45) is 29.6 Å². The third kappa shape index (κ3) is 3.59. The van der Waals surface area contributed by atoms with Gasteiger partial charge >= 0.3 is 17.9 Å². The normalized spacial score (nSPS) is 42.5. The van der Waals surface area contributed by atoms with E-state index < -0.39 is 41.7 Å². The Morgan fingerprint density at radius 1 is 0.844 bits per heavy atom. The highest BCUT2D eigenvalue weighted by atomic mass is 16.8. The molecule has 6 aliphatic rings. The van der Waals surface area contributed by atoms with Gasteiger partial charge in [-0.3, -0.25) is 4.79 Å².